The Morgan fingerprint density at radius 3 is 2.41 bits per heavy atom. The number of carboxylic acids is 1. The van der Waals surface area contributed by atoms with E-state index in [0.717, 1.165) is 6.07 Å². The molecule has 0 aliphatic heterocycles. The third-order valence-electron chi connectivity index (χ3n) is 1.73. The summed E-state index contributed by atoms with van der Waals surface area (Å²) in [4.78, 5) is 10.1. The van der Waals surface area contributed by atoms with Gasteiger partial charge in [-0.15, -0.1) is 0 Å². The number of aromatic carboxylic acids is 1. The van der Waals surface area contributed by atoms with E-state index in [9.17, 15) is 26.6 Å². The van der Waals surface area contributed by atoms with Gasteiger partial charge in [0.05, 0.1) is 16.4 Å². The standard InChI is InChI=1S/C9H6F4O3S/c10-7-2-1-5(3-6(7)8(14)15)17(16)4-9(11,12)13/h1-3H,4H2,(H,14,15). The van der Waals surface area contributed by atoms with Crippen LogP contribution in [0, 0.1) is 5.82 Å². The lowest BCUT2D eigenvalue weighted by Crippen LogP contribution is -2.18. The molecule has 0 aliphatic rings. The minimum absolute atomic E-state index is 0.374. The number of halogens is 4. The van der Waals surface area contributed by atoms with E-state index in [1.165, 1.54) is 0 Å². The predicted molar refractivity (Wildman–Crippen MR) is 50.7 cm³/mol. The van der Waals surface area contributed by atoms with Gasteiger partial charge in [-0.05, 0) is 18.2 Å². The van der Waals surface area contributed by atoms with Crippen LogP contribution >= 0.6 is 0 Å². The first kappa shape index (κ1) is 13.6. The molecule has 0 radical (unpaired) electrons. The Hall–Kier alpha value is -1.44. The molecule has 0 saturated heterocycles. The molecule has 1 rings (SSSR count). The van der Waals surface area contributed by atoms with Gasteiger partial charge in [0.25, 0.3) is 0 Å². The van der Waals surface area contributed by atoms with Crippen LogP contribution in [0.5, 0.6) is 0 Å². The lowest BCUT2D eigenvalue weighted by atomic mass is 10.2. The Morgan fingerprint density at radius 1 is 1.35 bits per heavy atom. The van der Waals surface area contributed by atoms with Gasteiger partial charge < -0.3 is 5.11 Å². The molecule has 17 heavy (non-hydrogen) atoms. The number of hydrogen-bond donors (Lipinski definition) is 1. The van der Waals surface area contributed by atoms with Crippen molar-refractivity contribution in [3.63, 3.8) is 0 Å². The van der Waals surface area contributed by atoms with Gasteiger partial charge in [0.2, 0.25) is 0 Å². The fraction of sp³-hybridized carbons (Fsp3) is 0.222. The van der Waals surface area contributed by atoms with Gasteiger partial charge >= 0.3 is 12.1 Å². The van der Waals surface area contributed by atoms with Crippen LogP contribution in [0.4, 0.5) is 17.6 Å². The van der Waals surface area contributed by atoms with Crippen LogP contribution < -0.4 is 0 Å². The smallest absolute Gasteiger partial charge is 0.400 e. The van der Waals surface area contributed by atoms with Crippen LogP contribution in [0.15, 0.2) is 23.1 Å². The van der Waals surface area contributed by atoms with Crippen molar-refractivity contribution in [2.45, 2.75) is 11.1 Å². The summed E-state index contributed by atoms with van der Waals surface area (Å²) >= 11 is 0. The molecule has 0 fully saturated rings. The molecular weight excluding hydrogens is 264 g/mol. The average Bonchev–Trinajstić information content (AvgIpc) is 2.14. The summed E-state index contributed by atoms with van der Waals surface area (Å²) in [5, 5.41) is 8.54. The van der Waals surface area contributed by atoms with Crippen LogP contribution in [-0.4, -0.2) is 27.2 Å². The van der Waals surface area contributed by atoms with Gasteiger partial charge in [0, 0.05) is 4.90 Å². The number of carbonyl (C=O) groups is 1. The molecule has 8 heteroatoms. The summed E-state index contributed by atoms with van der Waals surface area (Å²) in [6, 6.07) is 2.18. The highest BCUT2D eigenvalue weighted by molar-refractivity contribution is 7.85. The Labute approximate surface area is 95.5 Å². The molecule has 0 aliphatic carbocycles. The maximum atomic E-state index is 12.9. The molecule has 1 aromatic rings. The predicted octanol–water partition coefficient (Wildman–Crippen LogP) is 2.19. The maximum Gasteiger partial charge on any atom is 0.400 e. The highest BCUT2D eigenvalue weighted by Crippen LogP contribution is 2.21. The highest BCUT2D eigenvalue weighted by Gasteiger charge is 2.31. The number of rotatable bonds is 3. The summed E-state index contributed by atoms with van der Waals surface area (Å²) in [6.07, 6.45) is -4.64. The Kier molecular flexibility index (Phi) is 3.87. The van der Waals surface area contributed by atoms with Crippen molar-refractivity contribution in [1.82, 2.24) is 0 Å². The first-order valence-electron chi connectivity index (χ1n) is 4.18. The SMILES string of the molecule is O=C(O)c1cc(S(=O)CC(F)(F)F)ccc1F. The Morgan fingerprint density at radius 2 is 1.94 bits per heavy atom. The minimum Gasteiger partial charge on any atom is -0.478 e. The van der Waals surface area contributed by atoms with E-state index in [4.69, 9.17) is 5.11 Å². The molecule has 1 aromatic carbocycles. The quantitative estimate of drug-likeness (QED) is 0.856. The second kappa shape index (κ2) is 4.82. The second-order valence-electron chi connectivity index (χ2n) is 3.05. The number of hydrogen-bond acceptors (Lipinski definition) is 2. The molecule has 0 heterocycles. The summed E-state index contributed by atoms with van der Waals surface area (Å²) in [7, 11) is -2.44. The van der Waals surface area contributed by atoms with Crippen LogP contribution in [-0.2, 0) is 10.8 Å². The van der Waals surface area contributed by atoms with E-state index in [2.05, 4.69) is 0 Å². The van der Waals surface area contributed by atoms with E-state index >= 15 is 0 Å². The van der Waals surface area contributed by atoms with E-state index in [-0.39, 0.29) is 4.90 Å². The number of alkyl halides is 3. The molecule has 3 nitrogen and oxygen atoms in total. The summed E-state index contributed by atoms with van der Waals surface area (Å²) in [6.45, 7) is 0. The molecule has 1 atom stereocenters. The first-order valence-corrected chi connectivity index (χ1v) is 5.50. The molecule has 0 amide bonds. The van der Waals surface area contributed by atoms with Gasteiger partial charge in [-0.25, -0.2) is 9.18 Å². The van der Waals surface area contributed by atoms with E-state index in [1.807, 2.05) is 0 Å². The van der Waals surface area contributed by atoms with Crippen molar-refractivity contribution in [3.8, 4) is 0 Å². The first-order chi connectivity index (χ1) is 7.70. The second-order valence-corrected chi connectivity index (χ2v) is 4.50. The Bertz CT molecular complexity index is 470. The molecule has 0 aromatic heterocycles. The highest BCUT2D eigenvalue weighted by atomic mass is 32.2. The third kappa shape index (κ3) is 3.81. The van der Waals surface area contributed by atoms with E-state index in [0.29, 0.717) is 12.1 Å². The van der Waals surface area contributed by atoms with Gasteiger partial charge in [0.15, 0.2) is 0 Å². The van der Waals surface area contributed by atoms with E-state index < -0.39 is 40.1 Å². The van der Waals surface area contributed by atoms with E-state index in [1.54, 1.807) is 0 Å². The van der Waals surface area contributed by atoms with Crippen LogP contribution in [0.25, 0.3) is 0 Å². The normalized spacial score (nSPS) is 13.4. The average molecular weight is 270 g/mol. The van der Waals surface area contributed by atoms with Gasteiger partial charge in [-0.1, -0.05) is 0 Å². The topological polar surface area (TPSA) is 54.4 Å². The van der Waals surface area contributed by atoms with Crippen molar-refractivity contribution in [2.24, 2.45) is 0 Å². The fourth-order valence-electron chi connectivity index (χ4n) is 1.04. The molecule has 1 N–H and O–H groups in total. The molecule has 94 valence electrons. The summed E-state index contributed by atoms with van der Waals surface area (Å²) < 4.78 is 60.0. The molecular formula is C9H6F4O3S. The van der Waals surface area contributed by atoms with Gasteiger partial charge in [0.1, 0.15) is 11.6 Å². The zero-order valence-electron chi connectivity index (χ0n) is 8.12. The lowest BCUT2D eigenvalue weighted by Gasteiger charge is -2.07. The fourth-order valence-corrected chi connectivity index (χ4v) is 1.97. The van der Waals surface area contributed by atoms with Crippen molar-refractivity contribution in [3.05, 3.63) is 29.6 Å². The van der Waals surface area contributed by atoms with Crippen molar-refractivity contribution < 1.29 is 31.7 Å². The zero-order valence-corrected chi connectivity index (χ0v) is 8.94. The van der Waals surface area contributed by atoms with Gasteiger partial charge in [-0.3, -0.25) is 4.21 Å². The van der Waals surface area contributed by atoms with Crippen LogP contribution in [0.2, 0.25) is 0 Å². The Balaban J connectivity index is 3.04. The zero-order chi connectivity index (χ0) is 13.2. The van der Waals surface area contributed by atoms with Crippen molar-refractivity contribution >= 4 is 16.8 Å². The molecule has 1 unspecified atom stereocenters. The van der Waals surface area contributed by atoms with Crippen LogP contribution in [0.3, 0.4) is 0 Å². The summed E-state index contributed by atoms with van der Waals surface area (Å²) in [5.41, 5.74) is -0.807. The van der Waals surface area contributed by atoms with Crippen molar-refractivity contribution in [2.75, 3.05) is 5.75 Å². The van der Waals surface area contributed by atoms with Gasteiger partial charge in [-0.2, -0.15) is 13.2 Å². The third-order valence-corrected chi connectivity index (χ3v) is 3.10. The molecule has 0 saturated carbocycles. The largest absolute Gasteiger partial charge is 0.478 e. The lowest BCUT2D eigenvalue weighted by molar-refractivity contribution is -0.105. The monoisotopic (exact) mass is 270 g/mol. The molecule has 0 spiro atoms. The summed E-state index contributed by atoms with van der Waals surface area (Å²) in [5.74, 6) is -4.32. The van der Waals surface area contributed by atoms with Crippen LogP contribution in [0.1, 0.15) is 10.4 Å². The maximum absolute atomic E-state index is 12.9. The minimum atomic E-state index is -4.64. The molecule has 0 bridgehead atoms. The number of benzene rings is 1. The van der Waals surface area contributed by atoms with Crippen molar-refractivity contribution in [1.29, 1.82) is 0 Å². The number of carboxylic acid groups (broad SMARTS) is 1.